The Labute approximate surface area is 173 Å². The summed E-state index contributed by atoms with van der Waals surface area (Å²) in [5.41, 5.74) is 0. The van der Waals surface area contributed by atoms with Crippen LogP contribution in [-0.4, -0.2) is 55.2 Å². The van der Waals surface area contributed by atoms with E-state index in [4.69, 9.17) is 10.2 Å². The van der Waals surface area contributed by atoms with E-state index in [1.165, 1.54) is 0 Å². The molecule has 27 heavy (non-hydrogen) atoms. The summed E-state index contributed by atoms with van der Waals surface area (Å²) in [4.78, 5) is 51.0. The first-order valence-electron chi connectivity index (χ1n) is 6.27. The van der Waals surface area contributed by atoms with Crippen LogP contribution in [-0.2, 0) is 54.8 Å². The van der Waals surface area contributed by atoms with Crippen LogP contribution in [0.1, 0.15) is 0 Å². The van der Waals surface area contributed by atoms with Gasteiger partial charge in [-0.2, -0.15) is 0 Å². The Balaban J connectivity index is -0.000000199. The second-order valence-corrected chi connectivity index (χ2v) is 4.58. The van der Waals surface area contributed by atoms with Crippen molar-refractivity contribution in [1.82, 2.24) is 0 Å². The summed E-state index contributed by atoms with van der Waals surface area (Å²) < 4.78 is 13.6. The van der Waals surface area contributed by atoms with Crippen molar-refractivity contribution in [2.75, 3.05) is 0 Å². The molecule has 0 aliphatic heterocycles. The summed E-state index contributed by atoms with van der Waals surface area (Å²) in [7, 11) is 0. The molecule has 10 nitrogen and oxygen atoms in total. The van der Waals surface area contributed by atoms with Crippen LogP contribution in [0.4, 0.5) is 0 Å². The number of rotatable bonds is 8. The number of hydrogen-bond donors (Lipinski definition) is 2. The molecule has 0 radical (unpaired) electrons. The smallest absolute Gasteiger partial charge is 0.548 e. The Morgan fingerprint density at radius 3 is 0.889 bits per heavy atom. The summed E-state index contributed by atoms with van der Waals surface area (Å²) in [6, 6.07) is 0. The molecule has 0 aromatic rings. The van der Waals surface area contributed by atoms with Crippen molar-refractivity contribution in [2.24, 2.45) is 0 Å². The molecule has 0 saturated carbocycles. The largest absolute Gasteiger partial charge is 1.20 e. The first kappa shape index (κ1) is 31.9. The molecule has 0 aromatic carbocycles. The first-order chi connectivity index (χ1) is 12.1. The molecule has 0 heterocycles. The molecule has 0 atom stereocenters. The quantitative estimate of drug-likeness (QED) is 0.399. The fourth-order valence-electron chi connectivity index (χ4n) is 0.501. The third-order valence-electron chi connectivity index (χ3n) is 1.49. The molecule has 0 rings (SSSR count). The molecule has 0 amide bonds. The van der Waals surface area contributed by atoms with Crippen LogP contribution >= 0.6 is 0 Å². The van der Waals surface area contributed by atoms with Crippen molar-refractivity contribution in [1.29, 1.82) is 0 Å². The number of hydrogen-bond acceptors (Lipinski definition) is 8. The molecule has 0 aliphatic rings. The van der Waals surface area contributed by atoms with Gasteiger partial charge in [0.1, 0.15) is 0 Å². The molecular formula is C15H17AlO10Zn. The van der Waals surface area contributed by atoms with Crippen LogP contribution < -0.4 is 0 Å². The number of carboxylic acids is 2. The van der Waals surface area contributed by atoms with Gasteiger partial charge < -0.3 is 21.6 Å². The van der Waals surface area contributed by atoms with E-state index in [1.54, 1.807) is 0 Å². The Hall–Kier alpha value is -2.79. The minimum Gasteiger partial charge on any atom is -0.548 e. The summed E-state index contributed by atoms with van der Waals surface area (Å²) in [6.45, 7) is 15.3. The maximum absolute atomic E-state index is 10.8. The molecule has 0 unspecified atom stereocenters. The predicted octanol–water partition coefficient (Wildman–Crippen LogP) is 0.670. The van der Waals surface area contributed by atoms with Crippen LogP contribution in [0, 0.1) is 0 Å². The van der Waals surface area contributed by atoms with E-state index in [-0.39, 0.29) is 19.5 Å². The van der Waals surface area contributed by atoms with Crippen molar-refractivity contribution in [3.8, 4) is 0 Å². The molecule has 142 valence electrons. The zero-order chi connectivity index (χ0) is 21.1. The van der Waals surface area contributed by atoms with Gasteiger partial charge in [-0.15, -0.1) is 0 Å². The molecule has 0 aromatic heterocycles. The molecule has 0 bridgehead atoms. The van der Waals surface area contributed by atoms with Crippen LogP contribution in [0.25, 0.3) is 0 Å². The molecule has 2 N–H and O–H groups in total. The van der Waals surface area contributed by atoms with E-state index in [9.17, 15) is 24.0 Å². The van der Waals surface area contributed by atoms with E-state index in [0.717, 1.165) is 30.4 Å². The summed E-state index contributed by atoms with van der Waals surface area (Å²) in [5.74, 6) is -4.53. The normalized spacial score (nSPS) is 7.26. The number of carbonyl (C=O) groups is 5. The van der Waals surface area contributed by atoms with Gasteiger partial charge >= 0.3 is 27.1 Å². The predicted molar refractivity (Wildman–Crippen MR) is 90.3 cm³/mol. The summed E-state index contributed by atoms with van der Waals surface area (Å²) >= 11 is -3.22. The Morgan fingerprint density at radius 2 is 0.778 bits per heavy atom. The average Bonchev–Trinajstić information content (AvgIpc) is 2.61. The van der Waals surface area contributed by atoms with Gasteiger partial charge in [-0.1, -0.05) is 32.9 Å². The summed E-state index contributed by atoms with van der Waals surface area (Å²) in [6.07, 6.45) is 4.22. The number of carbonyl (C=O) groups excluding carboxylic acids is 3. The van der Waals surface area contributed by atoms with Gasteiger partial charge in [0, 0.05) is 49.9 Å². The minimum atomic E-state index is -3.22. The van der Waals surface area contributed by atoms with Crippen molar-refractivity contribution < 1.29 is 65.0 Å². The van der Waals surface area contributed by atoms with Gasteiger partial charge in [0.25, 0.3) is 17.9 Å². The number of carboxylic acid groups (broad SMARTS) is 2. The van der Waals surface area contributed by atoms with Gasteiger partial charge in [0.2, 0.25) is 0 Å². The Bertz CT molecular complexity index is 515. The zero-order valence-corrected chi connectivity index (χ0v) is 18.5. The molecule has 12 heteroatoms. The fraction of sp³-hybridized carbons (Fsp3) is 0. The third kappa shape index (κ3) is 28.3. The van der Waals surface area contributed by atoms with Gasteiger partial charge in [0.05, 0.1) is 0 Å². The van der Waals surface area contributed by atoms with Crippen LogP contribution in [0.5, 0.6) is 0 Å². The number of aliphatic carboxylic acids is 2. The molecular weight excluding hydrogens is 433 g/mol. The monoisotopic (exact) mass is 448 g/mol. The van der Waals surface area contributed by atoms with Gasteiger partial charge in [0.15, 0.2) is 0 Å². The van der Waals surface area contributed by atoms with Crippen molar-refractivity contribution in [3.05, 3.63) is 63.3 Å². The maximum Gasteiger partial charge on any atom is 1.20 e. The van der Waals surface area contributed by atoms with Gasteiger partial charge in [-0.3, -0.25) is 14.4 Å². The summed E-state index contributed by atoms with van der Waals surface area (Å²) in [5, 5.41) is 15.2. The SMILES string of the molecule is C=CC(=O)O.C=CC(=O)O.C=CC(=O)[O][Al]([O]C(=O)C=C)[O]C(=O)C=C.[Zn]. The topological polar surface area (TPSA) is 153 Å². The van der Waals surface area contributed by atoms with Crippen LogP contribution in [0.2, 0.25) is 0 Å². The van der Waals surface area contributed by atoms with Crippen molar-refractivity contribution in [2.45, 2.75) is 0 Å². The minimum absolute atomic E-state index is 0. The van der Waals surface area contributed by atoms with E-state index in [2.05, 4.69) is 44.3 Å². The van der Waals surface area contributed by atoms with E-state index in [0.29, 0.717) is 0 Å². The Kier molecular flexibility index (Phi) is 25.1. The second kappa shape index (κ2) is 21.2. The molecule has 0 saturated heterocycles. The zero-order valence-electron chi connectivity index (χ0n) is 14.4. The maximum atomic E-state index is 10.8. The second-order valence-electron chi connectivity index (χ2n) is 3.30. The fourth-order valence-corrected chi connectivity index (χ4v) is 1.50. The molecule has 0 aliphatic carbocycles. The average molecular weight is 450 g/mol. The van der Waals surface area contributed by atoms with Crippen molar-refractivity contribution in [3.63, 3.8) is 0 Å². The van der Waals surface area contributed by atoms with Gasteiger partial charge in [-0.25, -0.2) is 9.59 Å². The van der Waals surface area contributed by atoms with E-state index in [1.807, 2.05) is 0 Å². The van der Waals surface area contributed by atoms with E-state index >= 15 is 0 Å². The molecule has 0 fully saturated rings. The van der Waals surface area contributed by atoms with Gasteiger partial charge in [-0.05, 0) is 0 Å². The van der Waals surface area contributed by atoms with E-state index < -0.39 is 45.0 Å². The molecule has 0 spiro atoms. The third-order valence-corrected chi connectivity index (χ3v) is 2.76. The first-order valence-corrected chi connectivity index (χ1v) is 7.69. The standard InChI is InChI=1S/5C3H4O2.Al.Zn/c5*1-2-3(4)5;;/h5*2H,1H2,(H,4,5);;/q;;;;;+3;/p-3. The Morgan fingerprint density at radius 1 is 0.593 bits per heavy atom. The van der Waals surface area contributed by atoms with Crippen molar-refractivity contribution >= 4 is 45.0 Å². The van der Waals surface area contributed by atoms with Crippen LogP contribution in [0.3, 0.4) is 0 Å². The van der Waals surface area contributed by atoms with Crippen LogP contribution in [0.15, 0.2) is 63.3 Å².